The summed E-state index contributed by atoms with van der Waals surface area (Å²) in [6, 6.07) is 0. The molecule has 0 radical (unpaired) electrons. The third-order valence-electron chi connectivity index (χ3n) is 8.84. The Morgan fingerprint density at radius 1 is 1.18 bits per heavy atom. The molecule has 4 aliphatic carbocycles. The van der Waals surface area contributed by atoms with Crippen molar-refractivity contribution in [2.75, 3.05) is 6.61 Å². The van der Waals surface area contributed by atoms with Gasteiger partial charge in [0.2, 0.25) is 5.78 Å². The Morgan fingerprint density at radius 3 is 2.52 bits per heavy atom. The van der Waals surface area contributed by atoms with Crippen molar-refractivity contribution in [2.24, 2.45) is 28.6 Å². The first kappa shape index (κ1) is 23.8. The van der Waals surface area contributed by atoms with Crippen LogP contribution in [0.1, 0.15) is 53.4 Å². The highest BCUT2D eigenvalue weighted by molar-refractivity contribution is 6.01. The number of ketones is 2. The molecule has 8 nitrogen and oxygen atoms in total. The summed E-state index contributed by atoms with van der Waals surface area (Å²) in [4.78, 5) is 48.5. The molecular formula is C25H32O8. The average Bonchev–Trinajstić information content (AvgIpc) is 2.93. The van der Waals surface area contributed by atoms with Gasteiger partial charge in [-0.2, -0.15) is 0 Å². The molecule has 0 aromatic rings. The Labute approximate surface area is 193 Å². The van der Waals surface area contributed by atoms with E-state index in [9.17, 15) is 29.4 Å². The van der Waals surface area contributed by atoms with Crippen LogP contribution in [0.3, 0.4) is 0 Å². The number of fused-ring (bicyclic) bond motifs is 5. The minimum atomic E-state index is -2.13. The van der Waals surface area contributed by atoms with Gasteiger partial charge in [-0.1, -0.05) is 25.5 Å². The number of hydrogen-bond acceptors (Lipinski definition) is 8. The smallest absolute Gasteiger partial charge is 0.303 e. The number of esters is 2. The van der Waals surface area contributed by atoms with Gasteiger partial charge in [0.15, 0.2) is 18.0 Å². The molecular weight excluding hydrogens is 428 g/mol. The lowest BCUT2D eigenvalue weighted by Gasteiger charge is -2.59. The number of carbonyl (C=O) groups excluding carboxylic acids is 4. The molecule has 0 saturated heterocycles. The molecule has 2 N–H and O–H groups in total. The van der Waals surface area contributed by atoms with E-state index in [1.807, 2.05) is 13.0 Å². The van der Waals surface area contributed by atoms with Gasteiger partial charge in [-0.05, 0) is 49.7 Å². The second-order valence-electron chi connectivity index (χ2n) is 10.5. The van der Waals surface area contributed by atoms with Crippen LogP contribution in [-0.2, 0) is 28.7 Å². The third kappa shape index (κ3) is 3.41. The third-order valence-corrected chi connectivity index (χ3v) is 8.84. The summed E-state index contributed by atoms with van der Waals surface area (Å²) in [6.45, 7) is 5.67. The molecule has 0 aliphatic heterocycles. The summed E-state index contributed by atoms with van der Waals surface area (Å²) in [6.07, 6.45) is 4.88. The predicted molar refractivity (Wildman–Crippen MR) is 116 cm³/mol. The van der Waals surface area contributed by atoms with Gasteiger partial charge in [-0.3, -0.25) is 19.2 Å². The zero-order valence-electron chi connectivity index (χ0n) is 19.5. The largest absolute Gasteiger partial charge is 0.462 e. The van der Waals surface area contributed by atoms with Crippen LogP contribution >= 0.6 is 0 Å². The monoisotopic (exact) mass is 460 g/mol. The van der Waals surface area contributed by atoms with E-state index in [4.69, 9.17) is 9.47 Å². The van der Waals surface area contributed by atoms with E-state index < -0.39 is 53.0 Å². The molecule has 8 atom stereocenters. The summed E-state index contributed by atoms with van der Waals surface area (Å²) >= 11 is 0. The molecule has 0 aromatic carbocycles. The molecule has 0 heterocycles. The Morgan fingerprint density at radius 2 is 1.88 bits per heavy atom. The summed E-state index contributed by atoms with van der Waals surface area (Å²) in [5.74, 6) is -2.38. The first-order chi connectivity index (χ1) is 15.3. The predicted octanol–water partition coefficient (Wildman–Crippen LogP) is 1.67. The molecule has 0 amide bonds. The van der Waals surface area contributed by atoms with E-state index in [1.54, 1.807) is 19.1 Å². The minimum Gasteiger partial charge on any atom is -0.462 e. The number of Topliss-reactive ketones (excluding diaryl/α,β-unsaturated/α-hetero) is 1. The van der Waals surface area contributed by atoms with Crippen molar-refractivity contribution in [3.05, 3.63) is 23.8 Å². The van der Waals surface area contributed by atoms with Crippen molar-refractivity contribution < 1.29 is 38.9 Å². The van der Waals surface area contributed by atoms with Crippen LogP contribution in [0.4, 0.5) is 0 Å². The number of allylic oxidation sites excluding steroid dienone is 4. The Kier molecular flexibility index (Phi) is 5.69. The lowest BCUT2D eigenvalue weighted by Crippen LogP contribution is -2.64. The Bertz CT molecular complexity index is 965. The van der Waals surface area contributed by atoms with Crippen LogP contribution in [0.25, 0.3) is 0 Å². The van der Waals surface area contributed by atoms with Crippen LogP contribution in [0.2, 0.25) is 0 Å². The zero-order valence-corrected chi connectivity index (χ0v) is 19.5. The Hall–Kier alpha value is -2.32. The number of aliphatic hydroxyl groups excluding tert-OH is 1. The first-order valence-corrected chi connectivity index (χ1v) is 11.5. The van der Waals surface area contributed by atoms with Gasteiger partial charge in [0.25, 0.3) is 0 Å². The molecule has 0 aromatic heterocycles. The van der Waals surface area contributed by atoms with Gasteiger partial charge in [-0.15, -0.1) is 0 Å². The van der Waals surface area contributed by atoms with Gasteiger partial charge in [0, 0.05) is 30.6 Å². The summed E-state index contributed by atoms with van der Waals surface area (Å²) < 4.78 is 10.7. The second kappa shape index (κ2) is 7.87. The molecule has 3 saturated carbocycles. The molecule has 0 spiro atoms. The average molecular weight is 461 g/mol. The number of hydrogen-bond donors (Lipinski definition) is 2. The molecule has 180 valence electrons. The maximum Gasteiger partial charge on any atom is 0.303 e. The number of ether oxygens (including phenoxy) is 2. The zero-order chi connectivity index (χ0) is 24.3. The molecule has 8 heteroatoms. The van der Waals surface area contributed by atoms with Crippen LogP contribution in [0, 0.1) is 28.6 Å². The Balaban J connectivity index is 1.77. The topological polar surface area (TPSA) is 127 Å². The van der Waals surface area contributed by atoms with E-state index in [1.165, 1.54) is 13.8 Å². The molecule has 3 fully saturated rings. The van der Waals surface area contributed by atoms with Crippen molar-refractivity contribution in [3.63, 3.8) is 0 Å². The van der Waals surface area contributed by atoms with E-state index >= 15 is 0 Å². The van der Waals surface area contributed by atoms with E-state index in [-0.39, 0.29) is 36.4 Å². The standard InChI is InChI=1S/C25H32O8/c1-13(26)32-12-21(30)25(31)20(29)10-18-17-6-5-15-9-16(28)7-8-23(15,3)22(17)19(33-14(2)27)11-24(18,25)4/h7-9,17-20,22,29,31H,5-6,10-12H2,1-4H3/t17-,18+,19-,20+,22-,23-,24-,25-/m0/s1. The van der Waals surface area contributed by atoms with Gasteiger partial charge >= 0.3 is 11.9 Å². The fourth-order valence-electron chi connectivity index (χ4n) is 7.41. The normalized spacial score (nSPS) is 43.6. The van der Waals surface area contributed by atoms with Crippen molar-refractivity contribution in [1.82, 2.24) is 0 Å². The van der Waals surface area contributed by atoms with Crippen LogP contribution in [0.15, 0.2) is 23.8 Å². The minimum absolute atomic E-state index is 0.0571. The first-order valence-electron chi connectivity index (χ1n) is 11.5. The molecule has 4 rings (SSSR count). The molecule has 0 unspecified atom stereocenters. The quantitative estimate of drug-likeness (QED) is 0.607. The molecule has 33 heavy (non-hydrogen) atoms. The molecule has 4 aliphatic rings. The van der Waals surface area contributed by atoms with E-state index in [0.717, 1.165) is 5.57 Å². The lowest BCUT2D eigenvalue weighted by molar-refractivity contribution is -0.200. The van der Waals surface area contributed by atoms with Crippen molar-refractivity contribution in [3.8, 4) is 0 Å². The van der Waals surface area contributed by atoms with Crippen LogP contribution in [0.5, 0.6) is 0 Å². The summed E-state index contributed by atoms with van der Waals surface area (Å²) in [5, 5.41) is 22.6. The number of aliphatic hydroxyl groups is 2. The van der Waals surface area contributed by atoms with Gasteiger partial charge < -0.3 is 19.7 Å². The summed E-state index contributed by atoms with van der Waals surface area (Å²) in [5.41, 5.74) is -2.73. The number of carbonyl (C=O) groups is 4. The van der Waals surface area contributed by atoms with Crippen molar-refractivity contribution in [1.29, 1.82) is 0 Å². The summed E-state index contributed by atoms with van der Waals surface area (Å²) in [7, 11) is 0. The van der Waals surface area contributed by atoms with Crippen LogP contribution in [-0.4, -0.2) is 58.1 Å². The highest BCUT2D eigenvalue weighted by Crippen LogP contribution is 2.67. The highest BCUT2D eigenvalue weighted by Gasteiger charge is 2.72. The van der Waals surface area contributed by atoms with Crippen molar-refractivity contribution >= 4 is 23.5 Å². The van der Waals surface area contributed by atoms with Crippen molar-refractivity contribution in [2.45, 2.75) is 71.2 Å². The fraction of sp³-hybridized carbons (Fsp3) is 0.680. The SMILES string of the molecule is CC(=O)OCC(=O)[C@@]1(O)[C@H](O)C[C@@H]2[C@@H]3CCC4=CC(=O)C=C[C@]4(C)[C@@H]3[C@@H](OC(C)=O)C[C@@]21C. The number of rotatable bonds is 4. The maximum atomic E-state index is 13.1. The van der Waals surface area contributed by atoms with Gasteiger partial charge in [0.05, 0.1) is 6.10 Å². The fourth-order valence-corrected chi connectivity index (χ4v) is 7.41. The molecule has 0 bridgehead atoms. The van der Waals surface area contributed by atoms with Gasteiger partial charge in [0.1, 0.15) is 6.10 Å². The van der Waals surface area contributed by atoms with E-state index in [2.05, 4.69) is 0 Å². The van der Waals surface area contributed by atoms with E-state index in [0.29, 0.717) is 12.8 Å². The highest BCUT2D eigenvalue weighted by atomic mass is 16.5. The van der Waals surface area contributed by atoms with Crippen LogP contribution < -0.4 is 0 Å². The maximum absolute atomic E-state index is 13.1. The lowest BCUT2D eigenvalue weighted by atomic mass is 9.46. The second-order valence-corrected chi connectivity index (χ2v) is 10.5. The van der Waals surface area contributed by atoms with Gasteiger partial charge in [-0.25, -0.2) is 0 Å².